The monoisotopic (exact) mass is 429 g/mol. The van der Waals surface area contributed by atoms with Gasteiger partial charge in [-0.25, -0.2) is 9.67 Å². The first-order valence-electron chi connectivity index (χ1n) is 10.6. The van der Waals surface area contributed by atoms with Crippen LogP contribution in [0.25, 0.3) is 21.6 Å². The molecule has 3 aromatic heterocycles. The van der Waals surface area contributed by atoms with E-state index in [0.29, 0.717) is 13.2 Å². The lowest BCUT2D eigenvalue weighted by Crippen LogP contribution is -2.44. The Morgan fingerprint density at radius 1 is 1.27 bits per heavy atom. The van der Waals surface area contributed by atoms with E-state index in [0.717, 1.165) is 71.1 Å². The number of aliphatic hydroxyl groups is 1. The summed E-state index contributed by atoms with van der Waals surface area (Å²) in [7, 11) is 0. The largest absolute Gasteiger partial charge is 0.392 e. The molecule has 0 bridgehead atoms. The first kappa shape index (κ1) is 19.9. The molecule has 0 radical (unpaired) electrons. The molecular weight excluding hydrogens is 402 g/mol. The predicted octanol–water partition coefficient (Wildman–Crippen LogP) is 3.28. The van der Waals surface area contributed by atoms with Crippen LogP contribution in [0.5, 0.6) is 0 Å². The van der Waals surface area contributed by atoms with Crippen molar-refractivity contribution in [2.75, 3.05) is 31.3 Å². The number of aryl methyl sites for hydroxylation is 1. The van der Waals surface area contributed by atoms with Gasteiger partial charge in [0.2, 0.25) is 0 Å². The zero-order valence-electron chi connectivity index (χ0n) is 17.4. The van der Waals surface area contributed by atoms with Crippen molar-refractivity contribution in [2.45, 2.75) is 52.0 Å². The molecule has 2 aliphatic rings. The van der Waals surface area contributed by atoms with Crippen LogP contribution >= 0.6 is 11.5 Å². The van der Waals surface area contributed by atoms with Gasteiger partial charge in [0.15, 0.2) is 6.23 Å². The maximum Gasteiger partial charge on any atom is 0.150 e. The van der Waals surface area contributed by atoms with Crippen molar-refractivity contribution in [1.29, 1.82) is 0 Å². The van der Waals surface area contributed by atoms with Crippen LogP contribution in [0.15, 0.2) is 12.1 Å². The zero-order chi connectivity index (χ0) is 20.7. The highest BCUT2D eigenvalue weighted by molar-refractivity contribution is 7.13. The van der Waals surface area contributed by atoms with Crippen molar-refractivity contribution in [2.24, 2.45) is 0 Å². The molecule has 2 atom stereocenters. The van der Waals surface area contributed by atoms with Crippen LogP contribution < -0.4 is 4.90 Å². The topological polar surface area (TPSA) is 85.5 Å². The quantitative estimate of drug-likeness (QED) is 0.681. The Balaban J connectivity index is 1.63. The zero-order valence-corrected chi connectivity index (χ0v) is 18.2. The number of anilines is 1. The van der Waals surface area contributed by atoms with Crippen molar-refractivity contribution < 1.29 is 14.6 Å². The lowest BCUT2D eigenvalue weighted by Gasteiger charge is -2.34. The summed E-state index contributed by atoms with van der Waals surface area (Å²) in [6.07, 6.45) is 3.10. The molecule has 8 nitrogen and oxygen atoms in total. The molecule has 0 amide bonds. The Kier molecular flexibility index (Phi) is 5.44. The van der Waals surface area contributed by atoms with Gasteiger partial charge in [0.1, 0.15) is 17.0 Å². The van der Waals surface area contributed by atoms with Crippen molar-refractivity contribution in [3.05, 3.63) is 23.4 Å². The Hall–Kier alpha value is -2.07. The van der Waals surface area contributed by atoms with E-state index < -0.39 is 0 Å². The van der Waals surface area contributed by atoms with Gasteiger partial charge in [-0.05, 0) is 56.8 Å². The lowest BCUT2D eigenvalue weighted by atomic mass is 10.1. The minimum Gasteiger partial charge on any atom is -0.392 e. The molecule has 5 heterocycles. The summed E-state index contributed by atoms with van der Waals surface area (Å²) in [5.74, 6) is 0.862. The number of aromatic nitrogens is 4. The van der Waals surface area contributed by atoms with E-state index in [9.17, 15) is 5.11 Å². The number of aliphatic hydroxyl groups excluding tert-OH is 1. The normalized spacial score (nSPS) is 22.7. The van der Waals surface area contributed by atoms with Crippen molar-refractivity contribution in [1.82, 2.24) is 19.1 Å². The van der Waals surface area contributed by atoms with Gasteiger partial charge in [-0.3, -0.25) is 0 Å². The van der Waals surface area contributed by atoms with Crippen LogP contribution in [0.2, 0.25) is 0 Å². The predicted molar refractivity (Wildman–Crippen MR) is 116 cm³/mol. The average Bonchev–Trinajstić information content (AvgIpc) is 3.37. The van der Waals surface area contributed by atoms with Crippen LogP contribution in [0.4, 0.5) is 5.82 Å². The van der Waals surface area contributed by atoms with Gasteiger partial charge >= 0.3 is 0 Å². The smallest absolute Gasteiger partial charge is 0.150 e. The van der Waals surface area contributed by atoms with Gasteiger partial charge in [-0.15, -0.1) is 0 Å². The minimum absolute atomic E-state index is 0.0452. The lowest BCUT2D eigenvalue weighted by molar-refractivity contribution is -0.0385. The molecule has 1 unspecified atom stereocenters. The van der Waals surface area contributed by atoms with Gasteiger partial charge in [-0.2, -0.15) is 9.47 Å². The number of fused-ring (bicyclic) bond motifs is 1. The second kappa shape index (κ2) is 8.22. The molecule has 1 N–H and O–H groups in total. The first-order valence-corrected chi connectivity index (χ1v) is 11.4. The molecule has 0 aromatic carbocycles. The fourth-order valence-electron chi connectivity index (χ4n) is 4.30. The summed E-state index contributed by atoms with van der Waals surface area (Å²) in [6, 6.07) is 4.27. The van der Waals surface area contributed by atoms with Gasteiger partial charge in [-0.1, -0.05) is 0 Å². The van der Waals surface area contributed by atoms with Crippen LogP contribution in [0.1, 0.15) is 43.7 Å². The average molecular weight is 430 g/mol. The Bertz CT molecular complexity index is 1040. The van der Waals surface area contributed by atoms with Crippen molar-refractivity contribution in [3.8, 4) is 11.4 Å². The van der Waals surface area contributed by atoms with Gasteiger partial charge < -0.3 is 19.5 Å². The second-order valence-electron chi connectivity index (χ2n) is 8.06. The number of pyridine rings is 1. The van der Waals surface area contributed by atoms with Crippen molar-refractivity contribution in [3.63, 3.8) is 0 Å². The molecule has 5 rings (SSSR count). The van der Waals surface area contributed by atoms with E-state index in [1.54, 1.807) is 0 Å². The highest BCUT2D eigenvalue weighted by Gasteiger charge is 2.26. The van der Waals surface area contributed by atoms with E-state index in [1.165, 1.54) is 11.5 Å². The summed E-state index contributed by atoms with van der Waals surface area (Å²) in [6.45, 7) is 6.97. The molecular formula is C21H27N5O3S. The third-order valence-corrected chi connectivity index (χ3v) is 6.76. The molecule has 2 saturated heterocycles. The van der Waals surface area contributed by atoms with E-state index in [1.807, 2.05) is 17.7 Å². The maximum absolute atomic E-state index is 10.0. The summed E-state index contributed by atoms with van der Waals surface area (Å²) in [5, 5.41) is 14.8. The standard InChI is InChI=1S/C21H27N5O3S/c1-13-9-16(26(23-13)18-5-3-4-7-29-18)19-20-21(30-24-19)15(11-27)10-17(22-20)25-6-8-28-12-14(25)2/h9-10,14,18,27H,3-8,11-12H2,1-2H3/t14-,18?/m1/s1. The molecule has 30 heavy (non-hydrogen) atoms. The summed E-state index contributed by atoms with van der Waals surface area (Å²) in [4.78, 5) is 7.26. The van der Waals surface area contributed by atoms with Crippen LogP contribution in [0.3, 0.4) is 0 Å². The maximum atomic E-state index is 10.0. The summed E-state index contributed by atoms with van der Waals surface area (Å²) < 4.78 is 19.2. The number of rotatable bonds is 4. The molecule has 0 spiro atoms. The SMILES string of the molecule is Cc1cc(-c2nsc3c(CO)cc(N4CCOC[C@H]4C)nc23)n(C2CCCCO2)n1. The first-order chi connectivity index (χ1) is 14.7. The fraction of sp³-hybridized carbons (Fsp3) is 0.571. The van der Waals surface area contributed by atoms with E-state index >= 15 is 0 Å². The van der Waals surface area contributed by atoms with Gasteiger partial charge in [0, 0.05) is 18.7 Å². The van der Waals surface area contributed by atoms with Crippen LogP contribution in [0, 0.1) is 6.92 Å². The third-order valence-electron chi connectivity index (χ3n) is 5.85. The number of hydrogen-bond donors (Lipinski definition) is 1. The number of ether oxygens (including phenoxy) is 2. The van der Waals surface area contributed by atoms with Crippen LogP contribution in [-0.2, 0) is 16.1 Å². The Labute approximate surface area is 179 Å². The van der Waals surface area contributed by atoms with Gasteiger partial charge in [0.05, 0.1) is 42.0 Å². The second-order valence-corrected chi connectivity index (χ2v) is 8.83. The molecule has 160 valence electrons. The number of morpholine rings is 1. The molecule has 0 aliphatic carbocycles. The third kappa shape index (κ3) is 3.49. The molecule has 2 aliphatic heterocycles. The number of hydrogen-bond acceptors (Lipinski definition) is 8. The number of nitrogens with zero attached hydrogens (tertiary/aromatic N) is 5. The Morgan fingerprint density at radius 2 is 2.17 bits per heavy atom. The van der Waals surface area contributed by atoms with E-state index in [-0.39, 0.29) is 18.9 Å². The highest BCUT2D eigenvalue weighted by Crippen LogP contribution is 2.37. The molecule has 2 fully saturated rings. The fourth-order valence-corrected chi connectivity index (χ4v) is 5.13. The summed E-state index contributed by atoms with van der Waals surface area (Å²) >= 11 is 1.38. The Morgan fingerprint density at radius 3 is 2.93 bits per heavy atom. The minimum atomic E-state index is -0.0704. The van der Waals surface area contributed by atoms with Gasteiger partial charge in [0.25, 0.3) is 0 Å². The molecule has 9 heteroatoms. The highest BCUT2D eigenvalue weighted by atomic mass is 32.1. The van der Waals surface area contributed by atoms with E-state index in [4.69, 9.17) is 23.9 Å². The van der Waals surface area contributed by atoms with Crippen LogP contribution in [-0.4, -0.2) is 56.7 Å². The van der Waals surface area contributed by atoms with E-state index in [2.05, 4.69) is 17.9 Å². The van der Waals surface area contributed by atoms with Crippen molar-refractivity contribution >= 4 is 27.6 Å². The molecule has 3 aromatic rings. The molecule has 0 saturated carbocycles. The summed E-state index contributed by atoms with van der Waals surface area (Å²) in [5.41, 5.74) is 4.34.